The summed E-state index contributed by atoms with van der Waals surface area (Å²) in [5.74, 6) is -2.13. The number of carbonyl (C=O) groups excluding carboxylic acids is 2. The predicted molar refractivity (Wildman–Crippen MR) is 85.2 cm³/mol. The Morgan fingerprint density at radius 1 is 1.08 bits per heavy atom. The fourth-order valence-corrected chi connectivity index (χ4v) is 2.84. The first kappa shape index (κ1) is 17.0. The molecule has 7 heteroatoms. The van der Waals surface area contributed by atoms with E-state index in [0.29, 0.717) is 11.1 Å². The summed E-state index contributed by atoms with van der Waals surface area (Å²) in [6, 6.07) is 8.83. The van der Waals surface area contributed by atoms with Gasteiger partial charge in [-0.2, -0.15) is 0 Å². The Labute approximate surface area is 142 Å². The zero-order valence-electron chi connectivity index (χ0n) is 13.4. The van der Waals surface area contributed by atoms with Gasteiger partial charge in [-0.05, 0) is 36.2 Å². The molecule has 2 aromatic rings. The molecular formula is C18H16F2N2O3. The minimum absolute atomic E-state index is 0.0110. The van der Waals surface area contributed by atoms with Gasteiger partial charge in [0.25, 0.3) is 5.91 Å². The van der Waals surface area contributed by atoms with Gasteiger partial charge in [-0.1, -0.05) is 24.3 Å². The van der Waals surface area contributed by atoms with Gasteiger partial charge in [0.05, 0.1) is 13.2 Å². The maximum atomic E-state index is 14.1. The fourth-order valence-electron chi connectivity index (χ4n) is 2.84. The van der Waals surface area contributed by atoms with Crippen molar-refractivity contribution in [3.63, 3.8) is 0 Å². The van der Waals surface area contributed by atoms with Crippen LogP contribution in [-0.2, 0) is 23.5 Å². The van der Waals surface area contributed by atoms with Crippen LogP contribution >= 0.6 is 0 Å². The van der Waals surface area contributed by atoms with E-state index in [2.05, 4.69) is 5.32 Å². The van der Waals surface area contributed by atoms with E-state index in [9.17, 15) is 18.4 Å². The number of halogens is 2. The van der Waals surface area contributed by atoms with Gasteiger partial charge in [0.2, 0.25) is 0 Å². The van der Waals surface area contributed by atoms with Gasteiger partial charge in [-0.15, -0.1) is 0 Å². The number of rotatable bonds is 4. The van der Waals surface area contributed by atoms with Crippen LogP contribution in [-0.4, -0.2) is 21.9 Å². The molecule has 130 valence electrons. The highest BCUT2D eigenvalue weighted by Crippen LogP contribution is 2.32. The van der Waals surface area contributed by atoms with E-state index in [0.717, 1.165) is 23.1 Å². The van der Waals surface area contributed by atoms with Crippen LogP contribution in [0.1, 0.15) is 23.6 Å². The van der Waals surface area contributed by atoms with E-state index < -0.39 is 29.1 Å². The van der Waals surface area contributed by atoms with Crippen LogP contribution in [0.25, 0.3) is 0 Å². The van der Waals surface area contributed by atoms with Gasteiger partial charge >= 0.3 is 6.03 Å². The zero-order chi connectivity index (χ0) is 18.2. The number of aliphatic hydroxyl groups is 1. The number of amides is 3. The maximum absolute atomic E-state index is 14.1. The van der Waals surface area contributed by atoms with Gasteiger partial charge in [0.15, 0.2) is 0 Å². The molecule has 0 saturated carbocycles. The Bertz CT molecular complexity index is 839. The molecule has 1 aliphatic heterocycles. The van der Waals surface area contributed by atoms with Crippen molar-refractivity contribution in [1.29, 1.82) is 0 Å². The maximum Gasteiger partial charge on any atom is 0.325 e. The van der Waals surface area contributed by atoms with Crippen molar-refractivity contribution in [2.45, 2.75) is 25.6 Å². The first-order valence-electron chi connectivity index (χ1n) is 7.63. The van der Waals surface area contributed by atoms with Crippen LogP contribution in [0.15, 0.2) is 42.5 Å². The Morgan fingerprint density at radius 3 is 2.36 bits per heavy atom. The SMILES string of the molecule is CC1(c2cc(F)ccc2F)NC(=O)N(Cc2ccc(CO)cc2)C1=O. The van der Waals surface area contributed by atoms with Gasteiger partial charge in [0, 0.05) is 5.56 Å². The number of urea groups is 1. The molecule has 1 saturated heterocycles. The second kappa shape index (κ2) is 6.25. The van der Waals surface area contributed by atoms with E-state index >= 15 is 0 Å². The smallest absolute Gasteiger partial charge is 0.325 e. The number of hydrogen-bond donors (Lipinski definition) is 2. The van der Waals surface area contributed by atoms with E-state index in [1.165, 1.54) is 6.92 Å². The molecule has 2 aromatic carbocycles. The molecule has 2 N–H and O–H groups in total. The molecule has 0 spiro atoms. The Balaban J connectivity index is 1.89. The molecule has 1 unspecified atom stereocenters. The molecule has 0 aliphatic carbocycles. The summed E-state index contributed by atoms with van der Waals surface area (Å²) in [4.78, 5) is 25.9. The molecule has 1 fully saturated rings. The topological polar surface area (TPSA) is 69.6 Å². The molecule has 1 atom stereocenters. The van der Waals surface area contributed by atoms with Crippen molar-refractivity contribution >= 4 is 11.9 Å². The third-order valence-electron chi connectivity index (χ3n) is 4.29. The zero-order valence-corrected chi connectivity index (χ0v) is 13.4. The predicted octanol–water partition coefficient (Wildman–Crippen LogP) is 2.42. The summed E-state index contributed by atoms with van der Waals surface area (Å²) in [6.07, 6.45) is 0. The summed E-state index contributed by atoms with van der Waals surface area (Å²) in [5.41, 5.74) is -0.518. The lowest BCUT2D eigenvalue weighted by Crippen LogP contribution is -2.41. The molecule has 0 bridgehead atoms. The standard InChI is InChI=1S/C18H16F2N2O3/c1-18(14-8-13(19)6-7-15(14)20)16(24)22(17(25)21-18)9-11-2-4-12(10-23)5-3-11/h2-8,23H,9-10H2,1H3,(H,21,25). The van der Waals surface area contributed by atoms with E-state index in [1.807, 2.05) is 0 Å². The van der Waals surface area contributed by atoms with Crippen molar-refractivity contribution in [3.8, 4) is 0 Å². The number of hydrogen-bond acceptors (Lipinski definition) is 3. The Hall–Kier alpha value is -2.80. The second-order valence-corrected chi connectivity index (χ2v) is 6.05. The monoisotopic (exact) mass is 346 g/mol. The van der Waals surface area contributed by atoms with Crippen LogP contribution < -0.4 is 5.32 Å². The normalized spacial score (nSPS) is 20.1. The highest BCUT2D eigenvalue weighted by molar-refractivity contribution is 6.07. The molecule has 3 amide bonds. The van der Waals surface area contributed by atoms with Crippen LogP contribution in [0, 0.1) is 11.6 Å². The summed E-state index contributed by atoms with van der Waals surface area (Å²) in [6.45, 7) is 1.23. The number of aliphatic hydroxyl groups excluding tert-OH is 1. The van der Waals surface area contributed by atoms with E-state index in [-0.39, 0.29) is 18.7 Å². The van der Waals surface area contributed by atoms with Gasteiger partial charge in [-0.25, -0.2) is 13.6 Å². The van der Waals surface area contributed by atoms with Crippen LogP contribution in [0.2, 0.25) is 0 Å². The van der Waals surface area contributed by atoms with Crippen LogP contribution in [0.5, 0.6) is 0 Å². The average molecular weight is 346 g/mol. The lowest BCUT2D eigenvalue weighted by molar-refractivity contribution is -0.131. The van der Waals surface area contributed by atoms with Gasteiger partial charge < -0.3 is 10.4 Å². The van der Waals surface area contributed by atoms with E-state index in [1.54, 1.807) is 24.3 Å². The number of benzene rings is 2. The van der Waals surface area contributed by atoms with Gasteiger partial charge in [0.1, 0.15) is 17.2 Å². The second-order valence-electron chi connectivity index (χ2n) is 6.05. The number of imide groups is 1. The molecule has 1 heterocycles. The highest BCUT2D eigenvalue weighted by atomic mass is 19.1. The third kappa shape index (κ3) is 2.98. The summed E-state index contributed by atoms with van der Waals surface area (Å²) in [7, 11) is 0. The number of carbonyl (C=O) groups is 2. The largest absolute Gasteiger partial charge is 0.392 e. The Morgan fingerprint density at radius 2 is 1.72 bits per heavy atom. The van der Waals surface area contributed by atoms with E-state index in [4.69, 9.17) is 5.11 Å². The molecule has 5 nitrogen and oxygen atoms in total. The molecular weight excluding hydrogens is 330 g/mol. The van der Waals surface area contributed by atoms with Crippen LogP contribution in [0.4, 0.5) is 13.6 Å². The molecule has 0 radical (unpaired) electrons. The summed E-state index contributed by atoms with van der Waals surface area (Å²) in [5, 5.41) is 11.5. The van der Waals surface area contributed by atoms with Crippen LogP contribution in [0.3, 0.4) is 0 Å². The van der Waals surface area contributed by atoms with Crippen molar-refractivity contribution in [1.82, 2.24) is 10.2 Å². The lowest BCUT2D eigenvalue weighted by atomic mass is 9.91. The molecule has 25 heavy (non-hydrogen) atoms. The van der Waals surface area contributed by atoms with Crippen molar-refractivity contribution in [2.24, 2.45) is 0 Å². The van der Waals surface area contributed by atoms with Crippen molar-refractivity contribution in [3.05, 3.63) is 70.8 Å². The minimum atomic E-state index is -1.67. The molecule has 1 aliphatic rings. The minimum Gasteiger partial charge on any atom is -0.392 e. The summed E-state index contributed by atoms with van der Waals surface area (Å²) < 4.78 is 27.6. The highest BCUT2D eigenvalue weighted by Gasteiger charge is 2.50. The summed E-state index contributed by atoms with van der Waals surface area (Å²) >= 11 is 0. The number of nitrogens with zero attached hydrogens (tertiary/aromatic N) is 1. The lowest BCUT2D eigenvalue weighted by Gasteiger charge is -2.23. The molecule has 0 aromatic heterocycles. The van der Waals surface area contributed by atoms with Crippen molar-refractivity contribution in [2.75, 3.05) is 0 Å². The average Bonchev–Trinajstić information content (AvgIpc) is 2.81. The quantitative estimate of drug-likeness (QED) is 0.836. The number of nitrogens with one attached hydrogen (secondary N) is 1. The first-order chi connectivity index (χ1) is 11.8. The van der Waals surface area contributed by atoms with Gasteiger partial charge in [-0.3, -0.25) is 9.69 Å². The Kier molecular flexibility index (Phi) is 4.26. The fraction of sp³-hybridized carbons (Fsp3) is 0.222. The van der Waals surface area contributed by atoms with Crippen molar-refractivity contribution < 1.29 is 23.5 Å². The third-order valence-corrected chi connectivity index (χ3v) is 4.29. The first-order valence-corrected chi connectivity index (χ1v) is 7.63. The molecule has 3 rings (SSSR count).